The molecule has 1 aromatic carbocycles. The second kappa shape index (κ2) is 6.21. The van der Waals surface area contributed by atoms with Gasteiger partial charge in [0.05, 0.1) is 19.8 Å². The molecule has 0 aromatic heterocycles. The standard InChI is InChI=1S/C15H23NO2/c1-11-4-7-15(17-3)13(8-11)14(16-2)10-18-9-12-5-6-12/h4,7-8,12,14,16H,5-6,9-10H2,1-3H3. The highest BCUT2D eigenvalue weighted by atomic mass is 16.5. The number of rotatable bonds is 7. The van der Waals surface area contributed by atoms with Crippen molar-refractivity contribution >= 4 is 0 Å². The highest BCUT2D eigenvalue weighted by Crippen LogP contribution is 2.30. The molecule has 1 fully saturated rings. The van der Waals surface area contributed by atoms with Crippen molar-refractivity contribution in [2.24, 2.45) is 5.92 Å². The summed E-state index contributed by atoms with van der Waals surface area (Å²) >= 11 is 0. The van der Waals surface area contributed by atoms with E-state index in [0.717, 1.165) is 18.3 Å². The molecule has 1 aromatic rings. The summed E-state index contributed by atoms with van der Waals surface area (Å²) in [5.41, 5.74) is 2.42. The molecule has 1 aliphatic rings. The number of aryl methyl sites for hydroxylation is 1. The summed E-state index contributed by atoms with van der Waals surface area (Å²) in [6.07, 6.45) is 2.66. The number of methoxy groups -OCH3 is 1. The molecule has 3 nitrogen and oxygen atoms in total. The van der Waals surface area contributed by atoms with Crippen LogP contribution in [0.25, 0.3) is 0 Å². The fourth-order valence-corrected chi connectivity index (χ4v) is 2.09. The van der Waals surface area contributed by atoms with Crippen molar-refractivity contribution in [2.75, 3.05) is 27.4 Å². The topological polar surface area (TPSA) is 30.5 Å². The number of nitrogens with one attached hydrogen (secondary N) is 1. The van der Waals surface area contributed by atoms with Crippen molar-refractivity contribution in [1.29, 1.82) is 0 Å². The molecule has 1 saturated carbocycles. The number of likely N-dealkylation sites (N-methyl/N-ethyl adjacent to an activating group) is 1. The van der Waals surface area contributed by atoms with Gasteiger partial charge in [-0.25, -0.2) is 0 Å². The minimum absolute atomic E-state index is 0.193. The number of benzene rings is 1. The average Bonchev–Trinajstić information content (AvgIpc) is 3.19. The molecule has 0 bridgehead atoms. The molecule has 1 aliphatic carbocycles. The Balaban J connectivity index is 2.01. The van der Waals surface area contributed by atoms with Gasteiger partial charge in [0.2, 0.25) is 0 Å². The quantitative estimate of drug-likeness (QED) is 0.806. The molecular weight excluding hydrogens is 226 g/mol. The van der Waals surface area contributed by atoms with E-state index in [9.17, 15) is 0 Å². The average molecular weight is 249 g/mol. The lowest BCUT2D eigenvalue weighted by molar-refractivity contribution is 0.104. The van der Waals surface area contributed by atoms with Crippen LogP contribution in [0.5, 0.6) is 5.75 Å². The molecule has 1 N–H and O–H groups in total. The van der Waals surface area contributed by atoms with Crippen LogP contribution in [0.4, 0.5) is 0 Å². The van der Waals surface area contributed by atoms with E-state index in [1.165, 1.54) is 24.0 Å². The van der Waals surface area contributed by atoms with Crippen molar-refractivity contribution in [3.63, 3.8) is 0 Å². The van der Waals surface area contributed by atoms with Crippen LogP contribution in [-0.2, 0) is 4.74 Å². The zero-order valence-corrected chi connectivity index (χ0v) is 11.5. The molecule has 2 rings (SSSR count). The SMILES string of the molecule is CNC(COCC1CC1)c1cc(C)ccc1OC. The Morgan fingerprint density at radius 3 is 2.78 bits per heavy atom. The molecule has 0 saturated heterocycles. The molecule has 0 radical (unpaired) electrons. The predicted molar refractivity (Wildman–Crippen MR) is 73.1 cm³/mol. The van der Waals surface area contributed by atoms with Crippen LogP contribution in [0.15, 0.2) is 18.2 Å². The van der Waals surface area contributed by atoms with Crippen LogP contribution < -0.4 is 10.1 Å². The highest BCUT2D eigenvalue weighted by molar-refractivity contribution is 5.39. The number of hydrogen-bond donors (Lipinski definition) is 1. The van der Waals surface area contributed by atoms with Gasteiger partial charge in [-0.2, -0.15) is 0 Å². The first kappa shape index (κ1) is 13.4. The third-order valence-electron chi connectivity index (χ3n) is 3.44. The lowest BCUT2D eigenvalue weighted by atomic mass is 10.0. The van der Waals surface area contributed by atoms with E-state index in [1.807, 2.05) is 13.1 Å². The summed E-state index contributed by atoms with van der Waals surface area (Å²) in [6.45, 7) is 3.69. The van der Waals surface area contributed by atoms with Gasteiger partial charge in [0, 0.05) is 12.2 Å². The first-order chi connectivity index (χ1) is 8.74. The molecule has 18 heavy (non-hydrogen) atoms. The molecule has 1 atom stereocenters. The van der Waals surface area contributed by atoms with Gasteiger partial charge in [0.25, 0.3) is 0 Å². The molecule has 0 heterocycles. The van der Waals surface area contributed by atoms with Gasteiger partial charge in [-0.1, -0.05) is 17.7 Å². The van der Waals surface area contributed by atoms with Gasteiger partial charge in [-0.15, -0.1) is 0 Å². The van der Waals surface area contributed by atoms with Crippen molar-refractivity contribution in [1.82, 2.24) is 5.32 Å². The van der Waals surface area contributed by atoms with E-state index in [1.54, 1.807) is 7.11 Å². The van der Waals surface area contributed by atoms with Crippen molar-refractivity contribution < 1.29 is 9.47 Å². The Morgan fingerprint density at radius 1 is 1.39 bits per heavy atom. The van der Waals surface area contributed by atoms with E-state index >= 15 is 0 Å². The van der Waals surface area contributed by atoms with Gasteiger partial charge >= 0.3 is 0 Å². The second-order valence-electron chi connectivity index (χ2n) is 5.07. The molecule has 0 spiro atoms. The zero-order valence-electron chi connectivity index (χ0n) is 11.5. The van der Waals surface area contributed by atoms with E-state index in [4.69, 9.17) is 9.47 Å². The van der Waals surface area contributed by atoms with Gasteiger partial charge in [-0.05, 0) is 38.8 Å². The van der Waals surface area contributed by atoms with Gasteiger partial charge in [0.15, 0.2) is 0 Å². The summed E-state index contributed by atoms with van der Waals surface area (Å²) in [7, 11) is 3.68. The minimum atomic E-state index is 0.193. The maximum atomic E-state index is 5.79. The van der Waals surface area contributed by atoms with Crippen molar-refractivity contribution in [3.8, 4) is 5.75 Å². The molecule has 1 unspecified atom stereocenters. The Bertz CT molecular complexity index is 388. The van der Waals surface area contributed by atoms with Crippen LogP contribution >= 0.6 is 0 Å². The summed E-state index contributed by atoms with van der Waals surface area (Å²) in [4.78, 5) is 0. The Hall–Kier alpha value is -1.06. The fraction of sp³-hybridized carbons (Fsp3) is 0.600. The van der Waals surface area contributed by atoms with Gasteiger partial charge in [-0.3, -0.25) is 0 Å². The molecule has 100 valence electrons. The van der Waals surface area contributed by atoms with Crippen LogP contribution in [0.2, 0.25) is 0 Å². The van der Waals surface area contributed by atoms with Gasteiger partial charge < -0.3 is 14.8 Å². The highest BCUT2D eigenvalue weighted by Gasteiger charge is 2.22. The van der Waals surface area contributed by atoms with Crippen LogP contribution in [0.1, 0.15) is 30.0 Å². The second-order valence-corrected chi connectivity index (χ2v) is 5.07. The molecule has 0 amide bonds. The van der Waals surface area contributed by atoms with Crippen LogP contribution in [0.3, 0.4) is 0 Å². The van der Waals surface area contributed by atoms with E-state index < -0.39 is 0 Å². The summed E-state index contributed by atoms with van der Waals surface area (Å²) in [5, 5.41) is 3.31. The van der Waals surface area contributed by atoms with Crippen molar-refractivity contribution in [3.05, 3.63) is 29.3 Å². The van der Waals surface area contributed by atoms with E-state index in [-0.39, 0.29) is 6.04 Å². The first-order valence-corrected chi connectivity index (χ1v) is 6.64. The number of ether oxygens (including phenoxy) is 2. The smallest absolute Gasteiger partial charge is 0.123 e. The summed E-state index contributed by atoms with van der Waals surface area (Å²) in [6, 6.07) is 6.45. The third kappa shape index (κ3) is 3.47. The maximum absolute atomic E-state index is 5.79. The Kier molecular flexibility index (Phi) is 4.61. The monoisotopic (exact) mass is 249 g/mol. The molecule has 0 aliphatic heterocycles. The maximum Gasteiger partial charge on any atom is 0.123 e. The Morgan fingerprint density at radius 2 is 2.17 bits per heavy atom. The lowest BCUT2D eigenvalue weighted by Gasteiger charge is -2.20. The summed E-state index contributed by atoms with van der Waals surface area (Å²) < 4.78 is 11.2. The van der Waals surface area contributed by atoms with Gasteiger partial charge in [0.1, 0.15) is 5.75 Å². The van der Waals surface area contributed by atoms with Crippen molar-refractivity contribution in [2.45, 2.75) is 25.8 Å². The third-order valence-corrected chi connectivity index (χ3v) is 3.44. The van der Waals surface area contributed by atoms with E-state index in [0.29, 0.717) is 6.61 Å². The summed E-state index contributed by atoms with van der Waals surface area (Å²) in [5.74, 6) is 1.73. The predicted octanol–water partition coefficient (Wildman–Crippen LogP) is 2.69. The minimum Gasteiger partial charge on any atom is -0.496 e. The fourth-order valence-electron chi connectivity index (χ4n) is 2.09. The molecule has 3 heteroatoms. The Labute approximate surface area is 109 Å². The molecular formula is C15H23NO2. The lowest BCUT2D eigenvalue weighted by Crippen LogP contribution is -2.23. The van der Waals surface area contributed by atoms with Crippen LogP contribution in [0, 0.1) is 12.8 Å². The van der Waals surface area contributed by atoms with E-state index in [2.05, 4.69) is 24.4 Å². The normalized spacial score (nSPS) is 16.6. The largest absolute Gasteiger partial charge is 0.496 e. The number of hydrogen-bond acceptors (Lipinski definition) is 3. The van der Waals surface area contributed by atoms with Crippen LogP contribution in [-0.4, -0.2) is 27.4 Å². The zero-order chi connectivity index (χ0) is 13.0. The first-order valence-electron chi connectivity index (χ1n) is 6.64.